The van der Waals surface area contributed by atoms with E-state index in [-0.39, 0.29) is 17.7 Å². The van der Waals surface area contributed by atoms with Gasteiger partial charge in [-0.1, -0.05) is 0 Å². The number of rotatable bonds is 4. The molecule has 1 N–H and O–H groups in total. The van der Waals surface area contributed by atoms with Crippen molar-refractivity contribution in [3.8, 4) is 5.75 Å². The molecule has 0 amide bonds. The molecule has 0 saturated heterocycles. The Bertz CT molecular complexity index is 921. The molecule has 0 aliphatic heterocycles. The zero-order chi connectivity index (χ0) is 17.3. The van der Waals surface area contributed by atoms with E-state index in [0.29, 0.717) is 16.7 Å². The maximum atomic E-state index is 13.1. The monoisotopic (exact) mass is 333 g/mol. The minimum Gasteiger partial charge on any atom is -0.489 e. The van der Waals surface area contributed by atoms with Crippen LogP contribution in [0.25, 0.3) is 10.9 Å². The van der Waals surface area contributed by atoms with Crippen LogP contribution in [-0.2, 0) is 6.61 Å². The van der Waals surface area contributed by atoms with Crippen molar-refractivity contribution >= 4 is 16.9 Å². The zero-order valence-corrected chi connectivity index (χ0v) is 12.1. The Hall–Kier alpha value is -3.09. The van der Waals surface area contributed by atoms with Crippen molar-refractivity contribution < 1.29 is 27.8 Å². The fraction of sp³-hybridized carbons (Fsp3) is 0.0588. The van der Waals surface area contributed by atoms with Crippen LogP contribution in [0.4, 0.5) is 13.2 Å². The summed E-state index contributed by atoms with van der Waals surface area (Å²) in [6, 6.07) is 7.95. The molecule has 0 radical (unpaired) electrons. The number of hydrogen-bond donors (Lipinski definition) is 1. The third-order valence-corrected chi connectivity index (χ3v) is 3.35. The lowest BCUT2D eigenvalue weighted by molar-refractivity contribution is 0.0696. The molecular weight excluding hydrogens is 323 g/mol. The van der Waals surface area contributed by atoms with Gasteiger partial charge in [0, 0.05) is 17.6 Å². The average Bonchev–Trinajstić information content (AvgIpc) is 2.57. The van der Waals surface area contributed by atoms with Gasteiger partial charge >= 0.3 is 5.97 Å². The van der Waals surface area contributed by atoms with Crippen LogP contribution in [-0.4, -0.2) is 16.1 Å². The summed E-state index contributed by atoms with van der Waals surface area (Å²) >= 11 is 0. The number of aromatic carboxylic acids is 1. The molecule has 1 heterocycles. The van der Waals surface area contributed by atoms with Gasteiger partial charge in [0.1, 0.15) is 12.4 Å². The van der Waals surface area contributed by atoms with E-state index in [0.717, 1.165) is 12.1 Å². The molecule has 0 aliphatic rings. The molecule has 1 aromatic heterocycles. The van der Waals surface area contributed by atoms with Crippen LogP contribution in [0.5, 0.6) is 5.75 Å². The topological polar surface area (TPSA) is 59.4 Å². The fourth-order valence-electron chi connectivity index (χ4n) is 2.17. The highest BCUT2D eigenvalue weighted by atomic mass is 19.2. The number of carbonyl (C=O) groups is 1. The van der Waals surface area contributed by atoms with Crippen molar-refractivity contribution in [2.45, 2.75) is 6.61 Å². The van der Waals surface area contributed by atoms with Crippen molar-refractivity contribution in [2.75, 3.05) is 0 Å². The van der Waals surface area contributed by atoms with Crippen LogP contribution >= 0.6 is 0 Å². The Kier molecular flexibility index (Phi) is 4.07. The van der Waals surface area contributed by atoms with Gasteiger partial charge in [-0.3, -0.25) is 4.98 Å². The maximum absolute atomic E-state index is 13.1. The first-order valence-electron chi connectivity index (χ1n) is 6.83. The molecule has 0 aliphatic carbocycles. The molecule has 0 fully saturated rings. The maximum Gasteiger partial charge on any atom is 0.337 e. The third-order valence-electron chi connectivity index (χ3n) is 3.35. The SMILES string of the molecule is O=C(O)c1cnc2cc(OCc3cc(F)c(F)c(F)c3)ccc2c1. The van der Waals surface area contributed by atoms with Crippen LogP contribution < -0.4 is 4.74 Å². The van der Waals surface area contributed by atoms with Gasteiger partial charge in [-0.15, -0.1) is 0 Å². The van der Waals surface area contributed by atoms with Crippen molar-refractivity contribution in [1.29, 1.82) is 0 Å². The standard InChI is InChI=1S/C17H10F3NO3/c18-13-3-9(4-14(19)16(13)20)8-24-12-2-1-10-5-11(17(22)23)7-21-15(10)6-12/h1-7H,8H2,(H,22,23). The largest absolute Gasteiger partial charge is 0.489 e. The Balaban J connectivity index is 1.80. The molecule has 0 bridgehead atoms. The van der Waals surface area contributed by atoms with Gasteiger partial charge in [0.15, 0.2) is 17.5 Å². The van der Waals surface area contributed by atoms with E-state index in [4.69, 9.17) is 9.84 Å². The first-order chi connectivity index (χ1) is 11.4. The molecule has 4 nitrogen and oxygen atoms in total. The zero-order valence-electron chi connectivity index (χ0n) is 12.1. The van der Waals surface area contributed by atoms with Gasteiger partial charge in [0.2, 0.25) is 0 Å². The van der Waals surface area contributed by atoms with Crippen LogP contribution in [0.1, 0.15) is 15.9 Å². The Labute approximate surface area is 134 Å². The summed E-state index contributed by atoms with van der Waals surface area (Å²) in [7, 11) is 0. The molecule has 7 heteroatoms. The minimum absolute atomic E-state index is 0.0634. The summed E-state index contributed by atoms with van der Waals surface area (Å²) in [5.41, 5.74) is 0.711. The predicted molar refractivity (Wildman–Crippen MR) is 79.4 cm³/mol. The quantitative estimate of drug-likeness (QED) is 0.735. The number of pyridine rings is 1. The van der Waals surface area contributed by atoms with E-state index in [2.05, 4.69) is 4.98 Å². The number of hydrogen-bond acceptors (Lipinski definition) is 3. The van der Waals surface area contributed by atoms with E-state index in [1.807, 2.05) is 0 Å². The second-order valence-corrected chi connectivity index (χ2v) is 5.05. The molecule has 2 aromatic carbocycles. The van der Waals surface area contributed by atoms with Crippen molar-refractivity contribution in [3.05, 3.63) is 71.2 Å². The Morgan fingerprint density at radius 1 is 1.08 bits per heavy atom. The summed E-state index contributed by atoms with van der Waals surface area (Å²) in [5, 5.41) is 9.53. The molecule has 0 unspecified atom stereocenters. The average molecular weight is 333 g/mol. The minimum atomic E-state index is -1.53. The summed E-state index contributed by atoms with van der Waals surface area (Å²) < 4.78 is 44.6. The molecule has 3 aromatic rings. The van der Waals surface area contributed by atoms with Crippen LogP contribution in [0.2, 0.25) is 0 Å². The van der Waals surface area contributed by atoms with E-state index >= 15 is 0 Å². The number of aromatic nitrogens is 1. The molecular formula is C17H10F3NO3. The van der Waals surface area contributed by atoms with Crippen LogP contribution in [0, 0.1) is 17.5 Å². The number of halogens is 3. The van der Waals surface area contributed by atoms with Gasteiger partial charge in [-0.05, 0) is 35.9 Å². The lowest BCUT2D eigenvalue weighted by atomic mass is 10.1. The smallest absolute Gasteiger partial charge is 0.337 e. The molecule has 122 valence electrons. The fourth-order valence-corrected chi connectivity index (χ4v) is 2.17. The Morgan fingerprint density at radius 2 is 1.79 bits per heavy atom. The highest BCUT2D eigenvalue weighted by molar-refractivity contribution is 5.92. The number of carboxylic acid groups (broad SMARTS) is 1. The van der Waals surface area contributed by atoms with Gasteiger partial charge in [-0.2, -0.15) is 0 Å². The summed E-state index contributed by atoms with van der Waals surface area (Å²) in [6.07, 6.45) is 1.22. The number of carboxylic acids is 1. The number of nitrogens with zero attached hydrogens (tertiary/aromatic N) is 1. The first kappa shape index (κ1) is 15.8. The van der Waals surface area contributed by atoms with Gasteiger partial charge in [0.25, 0.3) is 0 Å². The normalized spacial score (nSPS) is 10.8. The third kappa shape index (κ3) is 3.15. The molecule has 24 heavy (non-hydrogen) atoms. The number of fused-ring (bicyclic) bond motifs is 1. The second-order valence-electron chi connectivity index (χ2n) is 5.05. The van der Waals surface area contributed by atoms with E-state index in [1.54, 1.807) is 18.2 Å². The van der Waals surface area contributed by atoms with Crippen molar-refractivity contribution in [2.24, 2.45) is 0 Å². The molecule has 0 atom stereocenters. The highest BCUT2D eigenvalue weighted by Crippen LogP contribution is 2.22. The molecule has 0 spiro atoms. The van der Waals surface area contributed by atoms with Gasteiger partial charge < -0.3 is 9.84 Å². The number of ether oxygens (including phenoxy) is 1. The summed E-state index contributed by atoms with van der Waals surface area (Å²) in [5.74, 6) is -4.79. The van der Waals surface area contributed by atoms with E-state index in [1.165, 1.54) is 12.3 Å². The van der Waals surface area contributed by atoms with Crippen LogP contribution in [0.15, 0.2) is 42.6 Å². The first-order valence-corrected chi connectivity index (χ1v) is 6.83. The molecule has 3 rings (SSSR count). The lowest BCUT2D eigenvalue weighted by Gasteiger charge is -2.08. The molecule has 0 saturated carbocycles. The van der Waals surface area contributed by atoms with Crippen molar-refractivity contribution in [1.82, 2.24) is 4.98 Å². The predicted octanol–water partition coefficient (Wildman–Crippen LogP) is 3.93. The number of benzene rings is 2. The highest BCUT2D eigenvalue weighted by Gasteiger charge is 2.11. The van der Waals surface area contributed by atoms with Gasteiger partial charge in [-0.25, -0.2) is 18.0 Å². The second kappa shape index (κ2) is 6.19. The van der Waals surface area contributed by atoms with Crippen molar-refractivity contribution in [3.63, 3.8) is 0 Å². The summed E-state index contributed by atoms with van der Waals surface area (Å²) in [4.78, 5) is 14.9. The summed E-state index contributed by atoms with van der Waals surface area (Å²) in [6.45, 7) is -0.160. The van der Waals surface area contributed by atoms with Crippen LogP contribution in [0.3, 0.4) is 0 Å². The van der Waals surface area contributed by atoms with E-state index in [9.17, 15) is 18.0 Å². The van der Waals surface area contributed by atoms with Gasteiger partial charge in [0.05, 0.1) is 11.1 Å². The Morgan fingerprint density at radius 3 is 2.46 bits per heavy atom. The van der Waals surface area contributed by atoms with E-state index < -0.39 is 23.4 Å². The lowest BCUT2D eigenvalue weighted by Crippen LogP contribution is -2.00.